The van der Waals surface area contributed by atoms with E-state index in [1.54, 1.807) is 0 Å². The van der Waals surface area contributed by atoms with Gasteiger partial charge in [0.15, 0.2) is 0 Å². The lowest BCUT2D eigenvalue weighted by Crippen LogP contribution is -1.93. The quantitative estimate of drug-likeness (QED) is 0.567. The van der Waals surface area contributed by atoms with Crippen LogP contribution in [0.5, 0.6) is 0 Å². The Bertz CT molecular complexity index is 404. The topological polar surface area (TPSA) is 34.1 Å². The van der Waals surface area contributed by atoms with Crippen LogP contribution in [0.2, 0.25) is 0 Å². The molecule has 0 atom stereocenters. The Morgan fingerprint density at radius 3 is 2.42 bits per heavy atom. The Morgan fingerprint density at radius 1 is 1.42 bits per heavy atom. The van der Waals surface area contributed by atoms with E-state index in [4.69, 9.17) is 0 Å². The monoisotopic (exact) mass is 364 g/mol. The lowest BCUT2D eigenvalue weighted by molar-refractivity contribution is 0.577. The van der Waals surface area contributed by atoms with E-state index < -0.39 is 12.8 Å². The first kappa shape index (κ1) is 10.4. The Morgan fingerprint density at radius 2 is 2.00 bits per heavy atom. The number of hydrogen-bond donors (Lipinski definition) is 0. The molecule has 0 aliphatic heterocycles. The first-order valence-electron chi connectivity index (χ1n) is 2.81. The molecule has 2 nitrogen and oxygen atoms in total. The second kappa shape index (κ2) is 3.59. The maximum Gasteiger partial charge on any atom is 0.234 e. The molecule has 0 aliphatic rings. The third-order valence-electron chi connectivity index (χ3n) is 1.16. The van der Waals surface area contributed by atoms with E-state index in [0.29, 0.717) is 4.47 Å². The molecule has 0 bridgehead atoms. The molecule has 0 aliphatic carbocycles. The molecule has 0 spiro atoms. The molecular formula is C6H3BrFIO2S. The van der Waals surface area contributed by atoms with Crippen LogP contribution in [0.15, 0.2) is 27.6 Å². The summed E-state index contributed by atoms with van der Waals surface area (Å²) in [6, 6.07) is 3.82. The van der Waals surface area contributed by atoms with Crippen LogP contribution in [0.1, 0.15) is 0 Å². The largest absolute Gasteiger partial charge is 0.234 e. The van der Waals surface area contributed by atoms with E-state index >= 15 is 0 Å². The Kier molecular flexibility index (Phi) is 3.11. The highest BCUT2D eigenvalue weighted by Gasteiger charge is 2.14. The molecule has 66 valence electrons. The standard InChI is InChI=1S/C6H3BrFIO2S/c7-4-1-2-6(5(8)3-4)12(9,10)11/h1-3H. The zero-order valence-electron chi connectivity index (χ0n) is 5.59. The van der Waals surface area contributed by atoms with E-state index in [1.165, 1.54) is 33.3 Å². The zero-order chi connectivity index (χ0) is 9.35. The molecular weight excluding hydrogens is 362 g/mol. The number of rotatable bonds is 1. The molecule has 0 heterocycles. The summed E-state index contributed by atoms with van der Waals surface area (Å²) < 4.78 is 35.2. The summed E-state index contributed by atoms with van der Waals surface area (Å²) in [6.07, 6.45) is 0. The van der Waals surface area contributed by atoms with Crippen LogP contribution in [0.25, 0.3) is 0 Å². The smallest absolute Gasteiger partial charge is 0.213 e. The molecule has 1 rings (SSSR count). The lowest BCUT2D eigenvalue weighted by Gasteiger charge is -1.98. The molecule has 0 N–H and O–H groups in total. The van der Waals surface area contributed by atoms with Gasteiger partial charge in [-0.2, -0.15) is 0 Å². The molecule has 1 aromatic carbocycles. The fraction of sp³-hybridized carbons (Fsp3) is 0. The van der Waals surface area contributed by atoms with Crippen LogP contribution in [0.3, 0.4) is 0 Å². The maximum absolute atomic E-state index is 12.9. The average molecular weight is 365 g/mol. The Labute approximate surface area is 89.8 Å². The molecule has 0 fully saturated rings. The van der Waals surface area contributed by atoms with Gasteiger partial charge in [0.25, 0.3) is 0 Å². The second-order valence-corrected chi connectivity index (χ2v) is 7.72. The summed E-state index contributed by atoms with van der Waals surface area (Å²) in [5.41, 5.74) is 0. The minimum Gasteiger partial charge on any atom is -0.213 e. The Balaban J connectivity index is 3.39. The highest BCUT2D eigenvalue weighted by atomic mass is 127. The van der Waals surface area contributed by atoms with Gasteiger partial charge in [-0.05, 0) is 18.2 Å². The fourth-order valence-electron chi connectivity index (χ4n) is 0.673. The van der Waals surface area contributed by atoms with Crippen molar-refractivity contribution in [2.24, 2.45) is 0 Å². The molecule has 0 amide bonds. The van der Waals surface area contributed by atoms with Crippen molar-refractivity contribution in [2.45, 2.75) is 4.90 Å². The molecule has 0 aromatic heterocycles. The van der Waals surface area contributed by atoms with E-state index in [2.05, 4.69) is 15.9 Å². The van der Waals surface area contributed by atoms with Gasteiger partial charge >= 0.3 is 0 Å². The fourth-order valence-corrected chi connectivity index (χ4v) is 2.60. The van der Waals surface area contributed by atoms with Gasteiger partial charge in [0.05, 0.1) is 21.2 Å². The third kappa shape index (κ3) is 2.40. The van der Waals surface area contributed by atoms with Crippen LogP contribution in [0, 0.1) is 5.82 Å². The van der Waals surface area contributed by atoms with Gasteiger partial charge in [0.1, 0.15) is 10.7 Å². The van der Waals surface area contributed by atoms with E-state index in [0.717, 1.165) is 6.07 Å². The molecule has 0 unspecified atom stereocenters. The zero-order valence-corrected chi connectivity index (χ0v) is 10.2. The summed E-state index contributed by atoms with van der Waals surface area (Å²) >= 11 is 4.22. The van der Waals surface area contributed by atoms with Gasteiger partial charge in [-0.25, -0.2) is 12.8 Å². The summed E-state index contributed by atoms with van der Waals surface area (Å²) in [6.45, 7) is 0. The summed E-state index contributed by atoms with van der Waals surface area (Å²) in [5, 5.41) is 0. The summed E-state index contributed by atoms with van der Waals surface area (Å²) in [5.74, 6) is -0.737. The van der Waals surface area contributed by atoms with Crippen molar-refractivity contribution >= 4 is 44.1 Å². The van der Waals surface area contributed by atoms with Crippen molar-refractivity contribution in [3.05, 3.63) is 28.5 Å². The molecule has 0 saturated carbocycles. The van der Waals surface area contributed by atoms with Crippen molar-refractivity contribution < 1.29 is 12.8 Å². The Hall–Kier alpha value is 0.310. The molecule has 0 radical (unpaired) electrons. The van der Waals surface area contributed by atoms with Gasteiger partial charge in [-0.3, -0.25) is 0 Å². The third-order valence-corrected chi connectivity index (χ3v) is 3.93. The van der Waals surface area contributed by atoms with Gasteiger partial charge in [0, 0.05) is 4.47 Å². The highest BCUT2D eigenvalue weighted by Crippen LogP contribution is 2.23. The van der Waals surface area contributed by atoms with Gasteiger partial charge < -0.3 is 0 Å². The minimum absolute atomic E-state index is 0.286. The van der Waals surface area contributed by atoms with Gasteiger partial charge in [0.2, 0.25) is 7.01 Å². The molecule has 6 heteroatoms. The van der Waals surface area contributed by atoms with E-state index in [-0.39, 0.29) is 4.90 Å². The maximum atomic E-state index is 12.9. The summed E-state index contributed by atoms with van der Waals surface area (Å²) in [7, 11) is -3.48. The highest BCUT2D eigenvalue weighted by molar-refractivity contribution is 14.2. The predicted molar refractivity (Wildman–Crippen MR) is 55.3 cm³/mol. The first-order valence-corrected chi connectivity index (χ1v) is 7.63. The van der Waals surface area contributed by atoms with Gasteiger partial charge in [-0.1, -0.05) is 15.9 Å². The van der Waals surface area contributed by atoms with E-state index in [1.807, 2.05) is 0 Å². The van der Waals surface area contributed by atoms with E-state index in [9.17, 15) is 12.8 Å². The lowest BCUT2D eigenvalue weighted by atomic mass is 10.3. The van der Waals surface area contributed by atoms with Crippen LogP contribution < -0.4 is 0 Å². The van der Waals surface area contributed by atoms with Crippen molar-refractivity contribution in [1.82, 2.24) is 0 Å². The first-order chi connectivity index (χ1) is 5.41. The normalized spacial score (nSPS) is 11.6. The van der Waals surface area contributed by atoms with Crippen molar-refractivity contribution in [2.75, 3.05) is 0 Å². The van der Waals surface area contributed by atoms with Crippen LogP contribution in [-0.2, 0) is 7.01 Å². The molecule has 1 aromatic rings. The summed E-state index contributed by atoms with van der Waals surface area (Å²) in [4.78, 5) is -0.286. The second-order valence-electron chi connectivity index (χ2n) is 2.01. The SMILES string of the molecule is O=S(=O)(I)c1ccc(Br)cc1F. The van der Waals surface area contributed by atoms with Crippen molar-refractivity contribution in [3.63, 3.8) is 0 Å². The van der Waals surface area contributed by atoms with Gasteiger partial charge in [-0.15, -0.1) is 0 Å². The number of benzene rings is 1. The average Bonchev–Trinajstić information content (AvgIpc) is 1.83. The number of hydrogen-bond acceptors (Lipinski definition) is 2. The van der Waals surface area contributed by atoms with Crippen molar-refractivity contribution in [1.29, 1.82) is 0 Å². The predicted octanol–water partition coefficient (Wildman–Crippen LogP) is 2.71. The minimum atomic E-state index is -3.48. The van der Waals surface area contributed by atoms with Crippen LogP contribution in [-0.4, -0.2) is 8.42 Å². The van der Waals surface area contributed by atoms with Crippen LogP contribution >= 0.6 is 37.1 Å². The molecule has 12 heavy (non-hydrogen) atoms. The number of halogens is 3. The van der Waals surface area contributed by atoms with Crippen molar-refractivity contribution in [3.8, 4) is 0 Å². The molecule has 0 saturated heterocycles. The van der Waals surface area contributed by atoms with Crippen LogP contribution in [0.4, 0.5) is 4.39 Å².